The third-order valence-corrected chi connectivity index (χ3v) is 3.56. The van der Waals surface area contributed by atoms with Crippen molar-refractivity contribution in [3.8, 4) is 0 Å². The van der Waals surface area contributed by atoms with Crippen LogP contribution >= 0.6 is 11.8 Å². The minimum Gasteiger partial charge on any atom is -0.352 e. The predicted octanol–water partition coefficient (Wildman–Crippen LogP) is 1.90. The lowest BCUT2D eigenvalue weighted by molar-refractivity contribution is -0.138. The highest BCUT2D eigenvalue weighted by molar-refractivity contribution is 7.99. The van der Waals surface area contributed by atoms with Gasteiger partial charge in [-0.05, 0) is 26.0 Å². The molecule has 0 radical (unpaired) electrons. The summed E-state index contributed by atoms with van der Waals surface area (Å²) in [7, 11) is 0. The highest BCUT2D eigenvalue weighted by Crippen LogP contribution is 2.26. The number of rotatable bonds is 3. The van der Waals surface area contributed by atoms with Gasteiger partial charge in [-0.15, -0.1) is 0 Å². The Labute approximate surface area is 86.8 Å². The molecule has 82 valence electrons. The van der Waals surface area contributed by atoms with Gasteiger partial charge in [0.1, 0.15) is 5.41 Å². The molecule has 1 fully saturated rings. The van der Waals surface area contributed by atoms with E-state index < -0.39 is 17.7 Å². The van der Waals surface area contributed by atoms with Crippen LogP contribution in [-0.4, -0.2) is 29.9 Å². The molecule has 1 atom stereocenters. The summed E-state index contributed by atoms with van der Waals surface area (Å²) >= 11 is 1.74. The zero-order valence-electron chi connectivity index (χ0n) is 8.35. The van der Waals surface area contributed by atoms with Crippen molar-refractivity contribution < 1.29 is 13.6 Å². The molecule has 0 bridgehead atoms. The van der Waals surface area contributed by atoms with Gasteiger partial charge in [0.05, 0.1) is 0 Å². The van der Waals surface area contributed by atoms with Crippen LogP contribution in [0.25, 0.3) is 0 Å². The molecule has 1 aliphatic rings. The van der Waals surface area contributed by atoms with E-state index in [0.29, 0.717) is 0 Å². The van der Waals surface area contributed by atoms with E-state index >= 15 is 0 Å². The second-order valence-corrected chi connectivity index (χ2v) is 5.21. The van der Waals surface area contributed by atoms with Gasteiger partial charge in [-0.2, -0.15) is 11.8 Å². The Bertz CT molecular complexity index is 215. The topological polar surface area (TPSA) is 29.1 Å². The van der Waals surface area contributed by atoms with Crippen molar-refractivity contribution in [3.63, 3.8) is 0 Å². The van der Waals surface area contributed by atoms with Crippen molar-refractivity contribution in [2.75, 3.05) is 11.5 Å². The van der Waals surface area contributed by atoms with Crippen LogP contribution in [0, 0.1) is 5.41 Å². The summed E-state index contributed by atoms with van der Waals surface area (Å²) in [6.07, 6.45) is -1.73. The van der Waals surface area contributed by atoms with Crippen LogP contribution in [-0.2, 0) is 4.79 Å². The summed E-state index contributed by atoms with van der Waals surface area (Å²) in [6, 6.07) is 0.0746. The Balaban J connectivity index is 2.48. The van der Waals surface area contributed by atoms with Gasteiger partial charge in [0.25, 0.3) is 6.43 Å². The molecule has 1 N–H and O–H groups in total. The lowest BCUT2D eigenvalue weighted by Crippen LogP contribution is -2.46. The van der Waals surface area contributed by atoms with Crippen LogP contribution in [0.1, 0.15) is 20.3 Å². The van der Waals surface area contributed by atoms with Gasteiger partial charge in [-0.3, -0.25) is 4.79 Å². The van der Waals surface area contributed by atoms with E-state index in [1.54, 1.807) is 11.8 Å². The van der Waals surface area contributed by atoms with Crippen LogP contribution in [0.5, 0.6) is 0 Å². The van der Waals surface area contributed by atoms with Crippen molar-refractivity contribution in [1.82, 2.24) is 5.32 Å². The van der Waals surface area contributed by atoms with Crippen LogP contribution in [0.15, 0.2) is 0 Å². The normalized spacial score (nSPS) is 22.8. The molecule has 0 aliphatic carbocycles. The maximum Gasteiger partial charge on any atom is 0.252 e. The lowest BCUT2D eigenvalue weighted by atomic mass is 9.92. The fraction of sp³-hybridized carbons (Fsp3) is 0.889. The van der Waals surface area contributed by atoms with Crippen molar-refractivity contribution in [2.45, 2.75) is 32.7 Å². The van der Waals surface area contributed by atoms with Crippen molar-refractivity contribution in [2.24, 2.45) is 5.41 Å². The molecule has 14 heavy (non-hydrogen) atoms. The minimum absolute atomic E-state index is 0.0746. The molecule has 1 heterocycles. The highest BCUT2D eigenvalue weighted by Gasteiger charge is 2.38. The van der Waals surface area contributed by atoms with E-state index in [9.17, 15) is 13.6 Å². The third-order valence-electron chi connectivity index (χ3n) is 2.40. The molecule has 0 spiro atoms. The number of hydrogen-bond donors (Lipinski definition) is 1. The van der Waals surface area contributed by atoms with E-state index in [0.717, 1.165) is 17.9 Å². The molecule has 1 rings (SSSR count). The highest BCUT2D eigenvalue weighted by atomic mass is 32.2. The van der Waals surface area contributed by atoms with Gasteiger partial charge < -0.3 is 5.32 Å². The van der Waals surface area contributed by atoms with E-state index in [1.807, 2.05) is 0 Å². The predicted molar refractivity (Wildman–Crippen MR) is 53.7 cm³/mol. The van der Waals surface area contributed by atoms with Crippen LogP contribution in [0.2, 0.25) is 0 Å². The average Bonchev–Trinajstić information content (AvgIpc) is 2.56. The Morgan fingerprint density at radius 2 is 2.21 bits per heavy atom. The minimum atomic E-state index is -2.61. The van der Waals surface area contributed by atoms with E-state index in [1.165, 1.54) is 13.8 Å². The van der Waals surface area contributed by atoms with Gasteiger partial charge in [0.15, 0.2) is 0 Å². The molecular formula is C9H15F2NOS. The zero-order valence-corrected chi connectivity index (χ0v) is 9.16. The molecule has 1 unspecified atom stereocenters. The SMILES string of the molecule is CC(C)(C(=O)NC1CCSC1)C(F)F. The molecule has 5 heteroatoms. The number of thioether (sulfide) groups is 1. The van der Waals surface area contributed by atoms with Gasteiger partial charge in [0, 0.05) is 11.8 Å². The first-order valence-electron chi connectivity index (χ1n) is 4.61. The standard InChI is InChI=1S/C9H15F2NOS/c1-9(2,7(10)11)8(13)12-6-3-4-14-5-6/h6-7H,3-5H2,1-2H3,(H,12,13). The second kappa shape index (κ2) is 4.47. The monoisotopic (exact) mass is 223 g/mol. The maximum atomic E-state index is 12.5. The first-order valence-corrected chi connectivity index (χ1v) is 5.77. The lowest BCUT2D eigenvalue weighted by Gasteiger charge is -2.24. The van der Waals surface area contributed by atoms with Gasteiger partial charge in [-0.25, -0.2) is 8.78 Å². The summed E-state index contributed by atoms with van der Waals surface area (Å²) in [6.45, 7) is 2.55. The van der Waals surface area contributed by atoms with Crippen LogP contribution in [0.3, 0.4) is 0 Å². The van der Waals surface area contributed by atoms with Gasteiger partial charge in [-0.1, -0.05) is 0 Å². The third kappa shape index (κ3) is 2.59. The second-order valence-electron chi connectivity index (χ2n) is 4.06. The number of carbonyl (C=O) groups is 1. The first-order chi connectivity index (χ1) is 6.44. The quantitative estimate of drug-likeness (QED) is 0.791. The van der Waals surface area contributed by atoms with Crippen LogP contribution in [0.4, 0.5) is 8.78 Å². The maximum absolute atomic E-state index is 12.5. The fourth-order valence-electron chi connectivity index (χ4n) is 1.12. The van der Waals surface area contributed by atoms with E-state index in [2.05, 4.69) is 5.32 Å². The molecule has 0 saturated carbocycles. The zero-order chi connectivity index (χ0) is 10.8. The van der Waals surface area contributed by atoms with Gasteiger partial charge in [0.2, 0.25) is 5.91 Å². The summed E-state index contributed by atoms with van der Waals surface area (Å²) in [5.74, 6) is 1.30. The van der Waals surface area contributed by atoms with Crippen LogP contribution < -0.4 is 5.32 Å². The molecule has 0 aromatic carbocycles. The molecule has 0 aromatic rings. The Hall–Kier alpha value is -0.320. The number of hydrogen-bond acceptors (Lipinski definition) is 2. The molecule has 1 aliphatic heterocycles. The summed E-state index contributed by atoms with van der Waals surface area (Å²) < 4.78 is 24.9. The summed E-state index contributed by atoms with van der Waals surface area (Å²) in [5, 5.41) is 2.66. The number of carbonyl (C=O) groups excluding carboxylic acids is 1. The largest absolute Gasteiger partial charge is 0.352 e. The van der Waals surface area contributed by atoms with Crippen molar-refractivity contribution >= 4 is 17.7 Å². The molecule has 2 nitrogen and oxygen atoms in total. The molecular weight excluding hydrogens is 208 g/mol. The average molecular weight is 223 g/mol. The number of halogens is 2. The van der Waals surface area contributed by atoms with E-state index in [4.69, 9.17) is 0 Å². The molecule has 1 saturated heterocycles. The Kier molecular flexibility index (Phi) is 3.75. The molecule has 1 amide bonds. The number of nitrogens with one attached hydrogen (secondary N) is 1. The van der Waals surface area contributed by atoms with Crippen molar-refractivity contribution in [3.05, 3.63) is 0 Å². The summed E-state index contributed by atoms with van der Waals surface area (Å²) in [4.78, 5) is 11.5. The molecule has 0 aromatic heterocycles. The van der Waals surface area contributed by atoms with Crippen molar-refractivity contribution in [1.29, 1.82) is 0 Å². The summed E-state index contributed by atoms with van der Waals surface area (Å²) in [5.41, 5.74) is -1.58. The Morgan fingerprint density at radius 3 is 2.64 bits per heavy atom. The first kappa shape index (κ1) is 11.8. The Morgan fingerprint density at radius 1 is 1.57 bits per heavy atom. The fourth-order valence-corrected chi connectivity index (χ4v) is 2.27. The van der Waals surface area contributed by atoms with Gasteiger partial charge >= 0.3 is 0 Å². The number of alkyl halides is 2. The number of amides is 1. The smallest absolute Gasteiger partial charge is 0.252 e. The van der Waals surface area contributed by atoms with E-state index in [-0.39, 0.29) is 6.04 Å².